The lowest BCUT2D eigenvalue weighted by atomic mass is 10.0. The predicted octanol–water partition coefficient (Wildman–Crippen LogP) is 2.71. The summed E-state index contributed by atoms with van der Waals surface area (Å²) in [4.78, 5) is 11.3. The largest absolute Gasteiger partial charge is 0.489 e. The Hall–Kier alpha value is -2.30. The predicted molar refractivity (Wildman–Crippen MR) is 74.9 cm³/mol. The lowest BCUT2D eigenvalue weighted by molar-refractivity contribution is -0.139. The van der Waals surface area contributed by atoms with Crippen LogP contribution < -0.4 is 4.74 Å². The average molecular weight is 274 g/mol. The first-order valence-electron chi connectivity index (χ1n) is 6.52. The van der Waals surface area contributed by atoms with Crippen molar-refractivity contribution in [3.05, 3.63) is 48.3 Å². The Labute approximate surface area is 117 Å². The summed E-state index contributed by atoms with van der Waals surface area (Å²) in [6.07, 6.45) is 3.37. The monoisotopic (exact) mass is 274 g/mol. The topological polar surface area (TPSA) is 64.3 Å². The van der Waals surface area contributed by atoms with Crippen molar-refractivity contribution in [3.8, 4) is 5.75 Å². The number of hydrogen-bond donors (Lipinski definition) is 1. The van der Waals surface area contributed by atoms with Gasteiger partial charge in [0.15, 0.2) is 5.75 Å². The maximum absolute atomic E-state index is 11.3. The molecule has 2 rings (SSSR count). The summed E-state index contributed by atoms with van der Waals surface area (Å²) in [5, 5.41) is 13.5. The smallest absolute Gasteiger partial charge is 0.314 e. The van der Waals surface area contributed by atoms with Gasteiger partial charge in [0, 0.05) is 6.04 Å². The highest BCUT2D eigenvalue weighted by atomic mass is 16.5. The Morgan fingerprint density at radius 1 is 1.35 bits per heavy atom. The second-order valence-corrected chi connectivity index (χ2v) is 4.86. The molecular weight excluding hydrogens is 256 g/mol. The van der Waals surface area contributed by atoms with Crippen molar-refractivity contribution in [2.45, 2.75) is 25.8 Å². The van der Waals surface area contributed by atoms with Gasteiger partial charge in [-0.2, -0.15) is 5.10 Å². The van der Waals surface area contributed by atoms with Crippen LogP contribution in [0.3, 0.4) is 0 Å². The lowest BCUT2D eigenvalue weighted by Gasteiger charge is -2.13. The summed E-state index contributed by atoms with van der Waals surface area (Å²) in [5.41, 5.74) is 0.733. The highest BCUT2D eigenvalue weighted by Crippen LogP contribution is 2.19. The molecular formula is C15H18N2O3. The molecule has 1 N–H and O–H groups in total. The highest BCUT2D eigenvalue weighted by molar-refractivity contribution is 5.76. The zero-order chi connectivity index (χ0) is 14.5. The highest BCUT2D eigenvalue weighted by Gasteiger charge is 2.20. The standard InChI is InChI=1S/C15H18N2O3/c1-11(2)17-9-13(8-16-17)20-10-14(15(18)19)12-6-4-3-5-7-12/h3-9,11,14H,10H2,1-2H3,(H,18,19). The molecule has 1 unspecified atom stereocenters. The average Bonchev–Trinajstić information content (AvgIpc) is 2.89. The van der Waals surface area contributed by atoms with E-state index in [9.17, 15) is 9.90 Å². The van der Waals surface area contributed by atoms with E-state index in [0.29, 0.717) is 5.75 Å². The summed E-state index contributed by atoms with van der Waals surface area (Å²) < 4.78 is 7.32. The number of carboxylic acid groups (broad SMARTS) is 1. The molecule has 0 saturated carbocycles. The number of benzene rings is 1. The van der Waals surface area contributed by atoms with Crippen LogP contribution in [0.1, 0.15) is 31.4 Å². The van der Waals surface area contributed by atoms with E-state index < -0.39 is 11.9 Å². The SMILES string of the molecule is CC(C)n1cc(OCC(C(=O)O)c2ccccc2)cn1. The van der Waals surface area contributed by atoms with E-state index in [1.165, 1.54) is 0 Å². The van der Waals surface area contributed by atoms with Crippen LogP contribution in [0.15, 0.2) is 42.7 Å². The third-order valence-corrected chi connectivity index (χ3v) is 3.02. The van der Waals surface area contributed by atoms with E-state index in [0.717, 1.165) is 5.56 Å². The van der Waals surface area contributed by atoms with Crippen LogP contribution in [0.4, 0.5) is 0 Å². The zero-order valence-electron chi connectivity index (χ0n) is 11.6. The fourth-order valence-electron chi connectivity index (χ4n) is 1.85. The van der Waals surface area contributed by atoms with Crippen molar-refractivity contribution in [3.63, 3.8) is 0 Å². The van der Waals surface area contributed by atoms with E-state index in [2.05, 4.69) is 5.10 Å². The Bertz CT molecular complexity index is 564. The summed E-state index contributed by atoms with van der Waals surface area (Å²) in [5.74, 6) is -0.994. The van der Waals surface area contributed by atoms with Gasteiger partial charge in [-0.25, -0.2) is 0 Å². The van der Waals surface area contributed by atoms with Crippen LogP contribution in [0, 0.1) is 0 Å². The van der Waals surface area contributed by atoms with Crippen LogP contribution in [0.5, 0.6) is 5.75 Å². The Kier molecular flexibility index (Phi) is 4.40. The van der Waals surface area contributed by atoms with Crippen molar-refractivity contribution in [2.75, 3.05) is 6.61 Å². The molecule has 5 nitrogen and oxygen atoms in total. The van der Waals surface area contributed by atoms with Gasteiger partial charge in [0.2, 0.25) is 0 Å². The van der Waals surface area contributed by atoms with E-state index in [1.54, 1.807) is 29.2 Å². The third kappa shape index (κ3) is 3.38. The molecule has 20 heavy (non-hydrogen) atoms. The number of carboxylic acids is 1. The van der Waals surface area contributed by atoms with Crippen molar-refractivity contribution in [1.82, 2.24) is 9.78 Å². The summed E-state index contributed by atoms with van der Waals surface area (Å²) in [6, 6.07) is 9.33. The number of nitrogens with zero attached hydrogens (tertiary/aromatic N) is 2. The molecule has 0 aliphatic rings. The fourth-order valence-corrected chi connectivity index (χ4v) is 1.85. The molecule has 0 aliphatic heterocycles. The first-order valence-corrected chi connectivity index (χ1v) is 6.52. The molecule has 0 bridgehead atoms. The minimum atomic E-state index is -0.896. The molecule has 1 aromatic heterocycles. The van der Waals surface area contributed by atoms with Gasteiger partial charge in [-0.15, -0.1) is 0 Å². The van der Waals surface area contributed by atoms with Crippen LogP contribution in [0.2, 0.25) is 0 Å². The first kappa shape index (κ1) is 14.1. The Balaban J connectivity index is 2.04. The number of carbonyl (C=O) groups is 1. The van der Waals surface area contributed by atoms with Gasteiger partial charge < -0.3 is 9.84 Å². The molecule has 1 heterocycles. The number of hydrogen-bond acceptors (Lipinski definition) is 3. The second kappa shape index (κ2) is 6.23. The summed E-state index contributed by atoms with van der Waals surface area (Å²) in [7, 11) is 0. The fraction of sp³-hybridized carbons (Fsp3) is 0.333. The van der Waals surface area contributed by atoms with E-state index in [1.807, 2.05) is 32.0 Å². The second-order valence-electron chi connectivity index (χ2n) is 4.86. The molecule has 0 spiro atoms. The van der Waals surface area contributed by atoms with Gasteiger partial charge in [-0.3, -0.25) is 9.48 Å². The molecule has 0 saturated heterocycles. The maximum atomic E-state index is 11.3. The molecule has 0 fully saturated rings. The number of aliphatic carboxylic acids is 1. The summed E-state index contributed by atoms with van der Waals surface area (Å²) >= 11 is 0. The van der Waals surface area contributed by atoms with E-state index in [-0.39, 0.29) is 12.6 Å². The molecule has 0 radical (unpaired) electrons. The van der Waals surface area contributed by atoms with Crippen LogP contribution in [0.25, 0.3) is 0 Å². The minimum Gasteiger partial charge on any atom is -0.489 e. The Morgan fingerprint density at radius 3 is 2.60 bits per heavy atom. The number of aromatic nitrogens is 2. The van der Waals surface area contributed by atoms with Gasteiger partial charge in [-0.1, -0.05) is 30.3 Å². The normalized spacial score (nSPS) is 12.3. The van der Waals surface area contributed by atoms with Gasteiger partial charge in [0.25, 0.3) is 0 Å². The first-order chi connectivity index (χ1) is 9.58. The van der Waals surface area contributed by atoms with Crippen LogP contribution in [-0.2, 0) is 4.79 Å². The molecule has 1 aromatic carbocycles. The maximum Gasteiger partial charge on any atom is 0.314 e. The third-order valence-electron chi connectivity index (χ3n) is 3.02. The van der Waals surface area contributed by atoms with Gasteiger partial charge >= 0.3 is 5.97 Å². The van der Waals surface area contributed by atoms with E-state index in [4.69, 9.17) is 4.74 Å². The van der Waals surface area contributed by atoms with Crippen molar-refractivity contribution >= 4 is 5.97 Å². The Morgan fingerprint density at radius 2 is 2.05 bits per heavy atom. The number of rotatable bonds is 6. The summed E-state index contributed by atoms with van der Waals surface area (Å²) in [6.45, 7) is 4.12. The van der Waals surface area contributed by atoms with Crippen LogP contribution >= 0.6 is 0 Å². The number of ether oxygens (including phenoxy) is 1. The molecule has 106 valence electrons. The van der Waals surface area contributed by atoms with Crippen molar-refractivity contribution in [2.24, 2.45) is 0 Å². The zero-order valence-corrected chi connectivity index (χ0v) is 11.6. The lowest BCUT2D eigenvalue weighted by Crippen LogP contribution is -2.19. The van der Waals surface area contributed by atoms with Crippen molar-refractivity contribution < 1.29 is 14.6 Å². The van der Waals surface area contributed by atoms with Gasteiger partial charge in [0.05, 0.1) is 12.4 Å². The molecule has 2 aromatic rings. The van der Waals surface area contributed by atoms with Crippen molar-refractivity contribution in [1.29, 1.82) is 0 Å². The van der Waals surface area contributed by atoms with Gasteiger partial charge in [-0.05, 0) is 19.4 Å². The molecule has 1 atom stereocenters. The van der Waals surface area contributed by atoms with Gasteiger partial charge in [0.1, 0.15) is 12.5 Å². The quantitative estimate of drug-likeness (QED) is 0.879. The van der Waals surface area contributed by atoms with Crippen LogP contribution in [-0.4, -0.2) is 27.5 Å². The molecule has 0 aliphatic carbocycles. The molecule has 5 heteroatoms. The molecule has 0 amide bonds. The minimum absolute atomic E-state index is 0.0864. The van der Waals surface area contributed by atoms with E-state index >= 15 is 0 Å².